The molecule has 0 bridgehead atoms. The Morgan fingerprint density at radius 3 is 2.85 bits per heavy atom. The molecule has 1 N–H and O–H groups in total. The second kappa shape index (κ2) is 8.53. The monoisotopic (exact) mass is 434 g/mol. The van der Waals surface area contributed by atoms with Crippen LogP contribution in [0.2, 0.25) is 10.0 Å². The second-order valence-electron chi connectivity index (χ2n) is 6.51. The average Bonchev–Trinajstić information content (AvgIpc) is 2.63. The van der Waals surface area contributed by atoms with E-state index in [1.54, 1.807) is 24.3 Å². The van der Waals surface area contributed by atoms with Crippen LogP contribution < -0.4 is 5.32 Å². The maximum Gasteiger partial charge on any atom is 0.249 e. The summed E-state index contributed by atoms with van der Waals surface area (Å²) in [5, 5.41) is 13.8. The summed E-state index contributed by atoms with van der Waals surface area (Å²) < 4.78 is 0.749. The number of carbonyl (C=O) groups excluding carboxylic acids is 1. The summed E-state index contributed by atoms with van der Waals surface area (Å²) in [5.41, 5.74) is 3.37. The molecule has 1 aliphatic carbocycles. The first-order valence-electron chi connectivity index (χ1n) is 8.42. The molecule has 0 fully saturated rings. The number of rotatable bonds is 3. The Morgan fingerprint density at radius 1 is 1.37 bits per heavy atom. The summed E-state index contributed by atoms with van der Waals surface area (Å²) in [5.74, 6) is 0.236. The average molecular weight is 435 g/mol. The van der Waals surface area contributed by atoms with Gasteiger partial charge >= 0.3 is 0 Å². The maximum absolute atomic E-state index is 12.3. The van der Waals surface area contributed by atoms with E-state index in [-0.39, 0.29) is 5.91 Å². The van der Waals surface area contributed by atoms with Crippen LogP contribution in [0.25, 0.3) is 6.08 Å². The number of nitrogens with zero attached hydrogens (tertiary/aromatic N) is 1. The van der Waals surface area contributed by atoms with E-state index in [0.717, 1.165) is 39.8 Å². The standard InChI is InChI=1S/C20H16Cl2N2OS2/c1-11-2-5-13-14(8-11)20(26)27-19(15(13)10-23)24-18(25)7-4-12-3-6-16(21)17(22)9-12/h3-4,6-7,9,11H,2,5,8H2,1H3,(H,24,25)/b7-4+. The van der Waals surface area contributed by atoms with Gasteiger partial charge in [0.15, 0.2) is 0 Å². The highest BCUT2D eigenvalue weighted by Crippen LogP contribution is 2.36. The van der Waals surface area contributed by atoms with Gasteiger partial charge in [-0.2, -0.15) is 5.26 Å². The molecule has 3 rings (SSSR count). The molecule has 0 spiro atoms. The molecule has 0 saturated carbocycles. The van der Waals surface area contributed by atoms with Crippen molar-refractivity contribution in [3.8, 4) is 6.07 Å². The Kier molecular flexibility index (Phi) is 6.33. The van der Waals surface area contributed by atoms with Crippen molar-refractivity contribution in [2.45, 2.75) is 26.2 Å². The van der Waals surface area contributed by atoms with Gasteiger partial charge in [-0.25, -0.2) is 0 Å². The number of amides is 1. The van der Waals surface area contributed by atoms with Crippen LogP contribution in [0, 0.1) is 21.1 Å². The summed E-state index contributed by atoms with van der Waals surface area (Å²) in [4.78, 5) is 12.3. The molecule has 1 atom stereocenters. The van der Waals surface area contributed by atoms with Gasteiger partial charge in [0.25, 0.3) is 0 Å². The van der Waals surface area contributed by atoms with Crippen molar-refractivity contribution in [2.75, 3.05) is 5.32 Å². The minimum Gasteiger partial charge on any atom is -0.313 e. The molecule has 3 nitrogen and oxygen atoms in total. The Morgan fingerprint density at radius 2 is 2.15 bits per heavy atom. The molecule has 138 valence electrons. The topological polar surface area (TPSA) is 52.9 Å². The highest BCUT2D eigenvalue weighted by Gasteiger charge is 2.23. The van der Waals surface area contributed by atoms with Crippen molar-refractivity contribution in [1.29, 1.82) is 5.26 Å². The molecular formula is C20H16Cl2N2OS2. The Labute approximate surface area is 177 Å². The number of fused-ring (bicyclic) bond motifs is 1. The first kappa shape index (κ1) is 20.0. The highest BCUT2D eigenvalue weighted by atomic mass is 35.5. The molecule has 1 aromatic carbocycles. The van der Waals surface area contributed by atoms with E-state index >= 15 is 0 Å². The zero-order valence-electron chi connectivity index (χ0n) is 14.5. The molecule has 1 unspecified atom stereocenters. The predicted octanol–water partition coefficient (Wildman–Crippen LogP) is 6.43. The molecule has 0 saturated heterocycles. The third-order valence-electron chi connectivity index (χ3n) is 4.49. The van der Waals surface area contributed by atoms with E-state index < -0.39 is 0 Å². The van der Waals surface area contributed by atoms with E-state index in [2.05, 4.69) is 18.3 Å². The smallest absolute Gasteiger partial charge is 0.249 e. The Bertz CT molecular complexity index is 1040. The van der Waals surface area contributed by atoms with Crippen molar-refractivity contribution in [1.82, 2.24) is 0 Å². The zero-order chi connectivity index (χ0) is 19.6. The van der Waals surface area contributed by atoms with Crippen LogP contribution in [0.3, 0.4) is 0 Å². The summed E-state index contributed by atoms with van der Waals surface area (Å²) in [7, 11) is 0. The van der Waals surface area contributed by atoms with Gasteiger partial charge in [-0.3, -0.25) is 4.79 Å². The summed E-state index contributed by atoms with van der Waals surface area (Å²) in [6.07, 6.45) is 5.78. The predicted molar refractivity (Wildman–Crippen MR) is 115 cm³/mol. The number of carbonyl (C=O) groups is 1. The lowest BCUT2D eigenvalue weighted by atomic mass is 9.85. The Hall–Kier alpha value is -1.71. The summed E-state index contributed by atoms with van der Waals surface area (Å²) in [6.45, 7) is 2.19. The van der Waals surface area contributed by atoms with Crippen LogP contribution in [0.1, 0.15) is 35.6 Å². The van der Waals surface area contributed by atoms with Gasteiger partial charge in [-0.15, -0.1) is 11.3 Å². The number of hydrogen-bond acceptors (Lipinski definition) is 4. The zero-order valence-corrected chi connectivity index (χ0v) is 17.7. The van der Waals surface area contributed by atoms with E-state index in [4.69, 9.17) is 35.4 Å². The number of nitriles is 1. The lowest BCUT2D eigenvalue weighted by Crippen LogP contribution is -2.15. The lowest BCUT2D eigenvalue weighted by Gasteiger charge is -2.23. The molecular weight excluding hydrogens is 419 g/mol. The molecule has 1 amide bonds. The third kappa shape index (κ3) is 4.59. The van der Waals surface area contributed by atoms with E-state index in [1.807, 2.05) is 0 Å². The van der Waals surface area contributed by atoms with Crippen LogP contribution in [-0.4, -0.2) is 5.91 Å². The minimum absolute atomic E-state index is 0.327. The lowest BCUT2D eigenvalue weighted by molar-refractivity contribution is -0.111. The van der Waals surface area contributed by atoms with Gasteiger partial charge in [-0.05, 0) is 60.1 Å². The normalized spacial score (nSPS) is 16.0. The number of benzene rings is 1. The molecule has 1 heterocycles. The molecule has 1 aliphatic rings. The quantitative estimate of drug-likeness (QED) is 0.446. The van der Waals surface area contributed by atoms with Crippen LogP contribution in [-0.2, 0) is 17.6 Å². The van der Waals surface area contributed by atoms with Crippen LogP contribution in [0.15, 0.2) is 24.3 Å². The van der Waals surface area contributed by atoms with Crippen LogP contribution in [0.4, 0.5) is 5.00 Å². The van der Waals surface area contributed by atoms with Gasteiger partial charge < -0.3 is 5.32 Å². The SMILES string of the molecule is CC1CCc2c(C#N)c(NC(=O)/C=C/c3ccc(Cl)c(Cl)c3)sc(=S)c2C1. The first-order chi connectivity index (χ1) is 12.9. The van der Waals surface area contributed by atoms with Gasteiger partial charge in [0.1, 0.15) is 11.1 Å². The highest BCUT2D eigenvalue weighted by molar-refractivity contribution is 7.73. The molecule has 0 aliphatic heterocycles. The maximum atomic E-state index is 12.3. The molecule has 7 heteroatoms. The molecule has 1 aromatic heterocycles. The van der Waals surface area contributed by atoms with Gasteiger partial charge in [-0.1, -0.05) is 48.4 Å². The Balaban J connectivity index is 1.85. The van der Waals surface area contributed by atoms with E-state index in [0.29, 0.717) is 26.5 Å². The largest absolute Gasteiger partial charge is 0.313 e. The number of halogens is 2. The van der Waals surface area contributed by atoms with Crippen molar-refractivity contribution in [3.63, 3.8) is 0 Å². The third-order valence-corrected chi connectivity index (χ3v) is 6.67. The summed E-state index contributed by atoms with van der Waals surface area (Å²) >= 11 is 18.7. The van der Waals surface area contributed by atoms with Gasteiger partial charge in [0.05, 0.1) is 19.4 Å². The number of nitrogens with one attached hydrogen (secondary N) is 1. The van der Waals surface area contributed by atoms with E-state index in [9.17, 15) is 10.1 Å². The first-order valence-corrected chi connectivity index (χ1v) is 10.4. The fourth-order valence-electron chi connectivity index (χ4n) is 3.09. The minimum atomic E-state index is -0.327. The van der Waals surface area contributed by atoms with Crippen LogP contribution >= 0.6 is 46.8 Å². The van der Waals surface area contributed by atoms with Crippen LogP contribution in [0.5, 0.6) is 0 Å². The molecule has 2 aromatic rings. The fraction of sp³-hybridized carbons (Fsp3) is 0.250. The molecule has 27 heavy (non-hydrogen) atoms. The van der Waals surface area contributed by atoms with Crippen molar-refractivity contribution >= 4 is 63.7 Å². The van der Waals surface area contributed by atoms with Gasteiger partial charge in [0, 0.05) is 6.08 Å². The van der Waals surface area contributed by atoms with Gasteiger partial charge in [0.2, 0.25) is 5.91 Å². The summed E-state index contributed by atoms with van der Waals surface area (Å²) in [6, 6.07) is 7.37. The fourth-order valence-corrected chi connectivity index (χ4v) is 4.79. The van der Waals surface area contributed by atoms with E-state index in [1.165, 1.54) is 17.4 Å². The van der Waals surface area contributed by atoms with Crippen molar-refractivity contribution in [3.05, 3.63) is 60.4 Å². The number of hydrogen-bond donors (Lipinski definition) is 1. The van der Waals surface area contributed by atoms with Crippen molar-refractivity contribution in [2.24, 2.45) is 5.92 Å². The second-order valence-corrected chi connectivity index (χ2v) is 9.01. The number of anilines is 1. The van der Waals surface area contributed by atoms with Crippen molar-refractivity contribution < 1.29 is 4.79 Å². The molecule has 0 radical (unpaired) electrons.